The Morgan fingerprint density at radius 2 is 2.12 bits per heavy atom. The lowest BCUT2D eigenvalue weighted by molar-refractivity contribution is 0.509. The molecule has 3 aromatic rings. The van der Waals surface area contributed by atoms with Crippen molar-refractivity contribution >= 4 is 33.3 Å². The molecule has 130 valence electrons. The number of rotatable bonds is 4. The van der Waals surface area contributed by atoms with Gasteiger partial charge in [-0.2, -0.15) is 0 Å². The van der Waals surface area contributed by atoms with Gasteiger partial charge in [-0.25, -0.2) is 4.98 Å². The number of benzene rings is 1. The van der Waals surface area contributed by atoms with Crippen LogP contribution in [0.1, 0.15) is 37.1 Å². The second-order valence-corrected chi connectivity index (χ2v) is 8.90. The summed E-state index contributed by atoms with van der Waals surface area (Å²) in [6.45, 7) is 4.45. The average Bonchev–Trinajstić information content (AvgIpc) is 2.98. The fourth-order valence-corrected chi connectivity index (χ4v) is 5.76. The maximum Gasteiger partial charge on any atom is 0.267 e. The van der Waals surface area contributed by atoms with Crippen molar-refractivity contribution in [3.05, 3.63) is 51.1 Å². The lowest BCUT2D eigenvalue weighted by Crippen LogP contribution is -2.22. The van der Waals surface area contributed by atoms with E-state index in [0.717, 1.165) is 52.5 Å². The van der Waals surface area contributed by atoms with E-state index in [-0.39, 0.29) is 5.56 Å². The van der Waals surface area contributed by atoms with Crippen LogP contribution in [0.15, 0.2) is 40.3 Å². The highest BCUT2D eigenvalue weighted by molar-refractivity contribution is 7.99. The highest BCUT2D eigenvalue weighted by atomic mass is 32.2. The van der Waals surface area contributed by atoms with Crippen LogP contribution in [0.25, 0.3) is 15.9 Å². The Kier molecular flexibility index (Phi) is 4.69. The van der Waals surface area contributed by atoms with E-state index in [4.69, 9.17) is 4.98 Å². The Hall–Kier alpha value is -1.59. The van der Waals surface area contributed by atoms with Crippen LogP contribution in [-0.2, 0) is 12.8 Å². The van der Waals surface area contributed by atoms with Gasteiger partial charge < -0.3 is 0 Å². The largest absolute Gasteiger partial charge is 0.268 e. The maximum absolute atomic E-state index is 13.4. The van der Waals surface area contributed by atoms with E-state index in [0.29, 0.717) is 5.92 Å². The summed E-state index contributed by atoms with van der Waals surface area (Å²) in [4.78, 5) is 20.7. The van der Waals surface area contributed by atoms with Crippen LogP contribution < -0.4 is 5.56 Å². The van der Waals surface area contributed by atoms with Gasteiger partial charge in [-0.1, -0.05) is 43.8 Å². The predicted octanol–water partition coefficient (Wildman–Crippen LogP) is 5.07. The normalized spacial score (nSPS) is 17.0. The lowest BCUT2D eigenvalue weighted by atomic mass is 9.89. The number of hydrogen-bond donors (Lipinski definition) is 0. The molecule has 0 aliphatic heterocycles. The number of aryl methyl sites for hydroxylation is 1. The van der Waals surface area contributed by atoms with Crippen molar-refractivity contribution in [2.75, 3.05) is 5.75 Å². The van der Waals surface area contributed by atoms with Gasteiger partial charge in [-0.3, -0.25) is 9.36 Å². The molecule has 0 bridgehead atoms. The van der Waals surface area contributed by atoms with Gasteiger partial charge >= 0.3 is 0 Å². The van der Waals surface area contributed by atoms with Crippen LogP contribution in [0, 0.1) is 5.92 Å². The minimum absolute atomic E-state index is 0.0989. The molecule has 25 heavy (non-hydrogen) atoms. The number of para-hydroxylation sites is 1. The lowest BCUT2D eigenvalue weighted by Gasteiger charge is -2.17. The molecule has 0 N–H and O–H groups in total. The molecule has 2 heterocycles. The molecule has 5 heteroatoms. The molecule has 1 atom stereocenters. The Morgan fingerprint density at radius 3 is 2.88 bits per heavy atom. The van der Waals surface area contributed by atoms with Gasteiger partial charge in [0, 0.05) is 10.6 Å². The van der Waals surface area contributed by atoms with Crippen LogP contribution >= 0.6 is 23.1 Å². The molecule has 4 rings (SSSR count). The topological polar surface area (TPSA) is 34.9 Å². The number of fused-ring (bicyclic) bond motifs is 3. The van der Waals surface area contributed by atoms with Gasteiger partial charge in [0.1, 0.15) is 4.83 Å². The first-order valence-corrected chi connectivity index (χ1v) is 10.7. The Bertz CT molecular complexity index is 959. The quantitative estimate of drug-likeness (QED) is 0.475. The third-order valence-electron chi connectivity index (χ3n) is 4.75. The number of nitrogens with zero attached hydrogens (tertiary/aromatic N) is 2. The zero-order chi connectivity index (χ0) is 17.4. The summed E-state index contributed by atoms with van der Waals surface area (Å²) < 4.78 is 1.81. The SMILES string of the molecule is CCCSc1nc2sc3c(c2c(=O)n1-c1ccccc1)CC[C@@H](C)C3. The molecule has 0 amide bonds. The molecule has 0 saturated carbocycles. The predicted molar refractivity (Wildman–Crippen MR) is 107 cm³/mol. The van der Waals surface area contributed by atoms with Gasteiger partial charge in [0.05, 0.1) is 11.1 Å². The van der Waals surface area contributed by atoms with Gasteiger partial charge in [-0.05, 0) is 49.3 Å². The van der Waals surface area contributed by atoms with E-state index in [1.54, 1.807) is 23.1 Å². The Morgan fingerprint density at radius 1 is 1.32 bits per heavy atom. The van der Waals surface area contributed by atoms with Crippen molar-refractivity contribution in [3.63, 3.8) is 0 Å². The number of hydrogen-bond acceptors (Lipinski definition) is 4. The number of thioether (sulfide) groups is 1. The molecule has 1 aliphatic rings. The maximum atomic E-state index is 13.4. The van der Waals surface area contributed by atoms with Crippen LogP contribution in [0.2, 0.25) is 0 Å². The van der Waals surface area contributed by atoms with Crippen molar-refractivity contribution in [1.82, 2.24) is 9.55 Å². The van der Waals surface area contributed by atoms with Crippen molar-refractivity contribution < 1.29 is 0 Å². The Balaban J connectivity index is 1.98. The number of aromatic nitrogens is 2. The second-order valence-electron chi connectivity index (χ2n) is 6.75. The third kappa shape index (κ3) is 3.04. The first kappa shape index (κ1) is 16.9. The molecule has 0 spiro atoms. The zero-order valence-corrected chi connectivity index (χ0v) is 16.3. The van der Waals surface area contributed by atoms with Gasteiger partial charge in [0.25, 0.3) is 5.56 Å². The molecule has 1 aromatic carbocycles. The minimum atomic E-state index is 0.0989. The summed E-state index contributed by atoms with van der Waals surface area (Å²) >= 11 is 3.41. The van der Waals surface area contributed by atoms with Crippen LogP contribution in [0.3, 0.4) is 0 Å². The summed E-state index contributed by atoms with van der Waals surface area (Å²) in [6, 6.07) is 9.92. The van der Waals surface area contributed by atoms with E-state index in [9.17, 15) is 4.79 Å². The number of thiophene rings is 1. The first-order valence-electron chi connectivity index (χ1n) is 8.94. The zero-order valence-electron chi connectivity index (χ0n) is 14.6. The summed E-state index contributed by atoms with van der Waals surface area (Å²) in [7, 11) is 0. The summed E-state index contributed by atoms with van der Waals surface area (Å²) in [5, 5.41) is 1.67. The van der Waals surface area contributed by atoms with E-state index in [1.807, 2.05) is 34.9 Å². The molecule has 2 aromatic heterocycles. The third-order valence-corrected chi connectivity index (χ3v) is 7.04. The standard InChI is InChI=1S/C20H22N2OS2/c1-3-11-24-20-21-18-17(15-10-9-13(2)12-16(15)25-18)19(23)22(20)14-7-5-4-6-8-14/h4-8,13H,3,9-12H2,1-2H3/t13-/m1/s1. The van der Waals surface area contributed by atoms with Gasteiger partial charge in [-0.15, -0.1) is 11.3 Å². The second kappa shape index (κ2) is 6.96. The molecular weight excluding hydrogens is 348 g/mol. The fourth-order valence-electron chi connectivity index (χ4n) is 3.47. The average molecular weight is 371 g/mol. The monoisotopic (exact) mass is 370 g/mol. The molecular formula is C20H22N2OS2. The molecule has 0 fully saturated rings. The molecule has 0 unspecified atom stereocenters. The van der Waals surface area contributed by atoms with Gasteiger partial charge in [0.2, 0.25) is 0 Å². The van der Waals surface area contributed by atoms with E-state index in [1.165, 1.54) is 10.4 Å². The van der Waals surface area contributed by atoms with Crippen molar-refractivity contribution in [2.45, 2.75) is 44.7 Å². The molecule has 0 radical (unpaired) electrons. The molecule has 0 saturated heterocycles. The van der Waals surface area contributed by atoms with Crippen LogP contribution in [0.5, 0.6) is 0 Å². The first-order chi connectivity index (χ1) is 12.2. The Labute approximate surface area is 156 Å². The summed E-state index contributed by atoms with van der Waals surface area (Å²) in [5.41, 5.74) is 2.26. The van der Waals surface area contributed by atoms with Crippen molar-refractivity contribution in [3.8, 4) is 5.69 Å². The summed E-state index contributed by atoms with van der Waals surface area (Å²) in [5.74, 6) is 1.67. The van der Waals surface area contributed by atoms with Gasteiger partial charge in [0.15, 0.2) is 5.16 Å². The van der Waals surface area contributed by atoms with E-state index in [2.05, 4.69) is 13.8 Å². The fraction of sp³-hybridized carbons (Fsp3) is 0.400. The van der Waals surface area contributed by atoms with Crippen LogP contribution in [0.4, 0.5) is 0 Å². The smallest absolute Gasteiger partial charge is 0.267 e. The summed E-state index contributed by atoms with van der Waals surface area (Å²) in [6.07, 6.45) is 4.31. The highest BCUT2D eigenvalue weighted by Gasteiger charge is 2.25. The van der Waals surface area contributed by atoms with Crippen LogP contribution in [-0.4, -0.2) is 15.3 Å². The molecule has 3 nitrogen and oxygen atoms in total. The van der Waals surface area contributed by atoms with Crippen molar-refractivity contribution in [2.24, 2.45) is 5.92 Å². The minimum Gasteiger partial charge on any atom is -0.268 e. The van der Waals surface area contributed by atoms with E-state index < -0.39 is 0 Å². The van der Waals surface area contributed by atoms with Crippen molar-refractivity contribution in [1.29, 1.82) is 0 Å². The molecule has 1 aliphatic carbocycles. The highest BCUT2D eigenvalue weighted by Crippen LogP contribution is 2.37. The van der Waals surface area contributed by atoms with E-state index >= 15 is 0 Å².